The lowest BCUT2D eigenvalue weighted by molar-refractivity contribution is -0.167. The molecule has 69 heavy (non-hydrogen) atoms. The largest absolute Gasteiger partial charge is 0.462 e. The summed E-state index contributed by atoms with van der Waals surface area (Å²) in [6, 6.07) is 0. The van der Waals surface area contributed by atoms with Crippen LogP contribution in [0.3, 0.4) is 0 Å². The van der Waals surface area contributed by atoms with Crippen molar-refractivity contribution in [1.29, 1.82) is 0 Å². The summed E-state index contributed by atoms with van der Waals surface area (Å²) in [6.45, 7) is 13.8. The molecule has 6 heteroatoms. The van der Waals surface area contributed by atoms with E-state index in [1.807, 2.05) is 0 Å². The van der Waals surface area contributed by atoms with E-state index in [1.165, 1.54) is 231 Å². The van der Waals surface area contributed by atoms with Crippen molar-refractivity contribution in [2.75, 3.05) is 13.2 Å². The van der Waals surface area contributed by atoms with Crippen molar-refractivity contribution in [2.24, 2.45) is 17.8 Å². The highest BCUT2D eigenvalue weighted by Gasteiger charge is 2.19. The van der Waals surface area contributed by atoms with Gasteiger partial charge in [0.15, 0.2) is 6.10 Å². The lowest BCUT2D eigenvalue weighted by atomic mass is 9.99. The van der Waals surface area contributed by atoms with Crippen molar-refractivity contribution in [3.05, 3.63) is 0 Å². The number of carbonyl (C=O) groups is 3. The van der Waals surface area contributed by atoms with Crippen LogP contribution in [0.15, 0.2) is 0 Å². The van der Waals surface area contributed by atoms with E-state index >= 15 is 0 Å². The first-order valence-electron chi connectivity index (χ1n) is 31.1. The first-order valence-corrected chi connectivity index (χ1v) is 31.1. The Morgan fingerprint density at radius 2 is 0.507 bits per heavy atom. The van der Waals surface area contributed by atoms with Gasteiger partial charge in [-0.05, 0) is 37.0 Å². The lowest BCUT2D eigenvalue weighted by Crippen LogP contribution is -2.30. The molecule has 0 aliphatic carbocycles. The van der Waals surface area contributed by atoms with E-state index in [1.54, 1.807) is 0 Å². The Kier molecular flexibility index (Phi) is 52.9. The summed E-state index contributed by atoms with van der Waals surface area (Å²) in [6.07, 6.45) is 58.0. The highest BCUT2D eigenvalue weighted by molar-refractivity contribution is 5.71. The molecule has 0 aromatic heterocycles. The molecule has 0 fully saturated rings. The fourth-order valence-electron chi connectivity index (χ4n) is 9.67. The topological polar surface area (TPSA) is 78.9 Å². The second-order valence-corrected chi connectivity index (χ2v) is 22.9. The predicted octanol–water partition coefficient (Wildman–Crippen LogP) is 20.7. The second-order valence-electron chi connectivity index (χ2n) is 22.9. The molecule has 0 aliphatic rings. The fraction of sp³-hybridized carbons (Fsp3) is 0.952. The molecule has 0 amide bonds. The van der Waals surface area contributed by atoms with Crippen molar-refractivity contribution in [1.82, 2.24) is 0 Å². The standard InChI is InChI=1S/C63H122O6/c1-7-59(6)51-45-39-33-27-21-15-9-11-16-22-28-34-40-46-52-61(64)67-55-60(56-68-62(65)53-47-41-35-29-23-18-12-14-20-26-32-38-44-50-58(4)5)69-63(66)54-48-42-36-30-24-17-10-8-13-19-25-31-37-43-49-57(2)3/h57-60H,7-56H2,1-6H3/t59?,60-/m1/s1. The van der Waals surface area contributed by atoms with Crippen LogP contribution in [0, 0.1) is 17.8 Å². The third kappa shape index (κ3) is 55.6. The van der Waals surface area contributed by atoms with Crippen LogP contribution in [0.5, 0.6) is 0 Å². The minimum absolute atomic E-state index is 0.0628. The summed E-state index contributed by atoms with van der Waals surface area (Å²) in [4.78, 5) is 38.3. The molecule has 0 saturated carbocycles. The minimum Gasteiger partial charge on any atom is -0.462 e. The Morgan fingerprint density at radius 1 is 0.290 bits per heavy atom. The summed E-state index contributed by atoms with van der Waals surface area (Å²) in [5.41, 5.74) is 0. The summed E-state index contributed by atoms with van der Waals surface area (Å²) in [5.74, 6) is 1.74. The maximum atomic E-state index is 12.9. The van der Waals surface area contributed by atoms with Crippen LogP contribution in [0.4, 0.5) is 0 Å². The second kappa shape index (κ2) is 54.2. The van der Waals surface area contributed by atoms with Gasteiger partial charge in [-0.2, -0.15) is 0 Å². The van der Waals surface area contributed by atoms with Gasteiger partial charge in [0.25, 0.3) is 0 Å². The first-order chi connectivity index (χ1) is 33.6. The van der Waals surface area contributed by atoms with Crippen LogP contribution in [-0.2, 0) is 28.6 Å². The highest BCUT2D eigenvalue weighted by atomic mass is 16.6. The summed E-state index contributed by atoms with van der Waals surface area (Å²) in [5, 5.41) is 0. The summed E-state index contributed by atoms with van der Waals surface area (Å²) < 4.78 is 16.9. The van der Waals surface area contributed by atoms with Gasteiger partial charge in [-0.25, -0.2) is 0 Å². The van der Waals surface area contributed by atoms with E-state index in [0.717, 1.165) is 75.5 Å². The molecule has 0 saturated heterocycles. The number of carbonyl (C=O) groups excluding carboxylic acids is 3. The summed E-state index contributed by atoms with van der Waals surface area (Å²) in [7, 11) is 0. The van der Waals surface area contributed by atoms with E-state index < -0.39 is 6.10 Å². The van der Waals surface area contributed by atoms with Crippen molar-refractivity contribution in [3.63, 3.8) is 0 Å². The molecule has 0 aliphatic heterocycles. The Balaban J connectivity index is 4.30. The van der Waals surface area contributed by atoms with Gasteiger partial charge in [0, 0.05) is 19.3 Å². The zero-order valence-corrected chi connectivity index (χ0v) is 47.6. The van der Waals surface area contributed by atoms with Gasteiger partial charge in [0.1, 0.15) is 13.2 Å². The molecule has 0 heterocycles. The van der Waals surface area contributed by atoms with Crippen LogP contribution >= 0.6 is 0 Å². The number of hydrogen-bond donors (Lipinski definition) is 0. The van der Waals surface area contributed by atoms with Gasteiger partial charge in [-0.15, -0.1) is 0 Å². The molecule has 410 valence electrons. The summed E-state index contributed by atoms with van der Waals surface area (Å²) >= 11 is 0. The van der Waals surface area contributed by atoms with Crippen molar-refractivity contribution >= 4 is 17.9 Å². The van der Waals surface area contributed by atoms with Gasteiger partial charge in [-0.1, -0.05) is 311 Å². The molecule has 2 atom stereocenters. The number of unbranched alkanes of at least 4 members (excludes halogenated alkanes) is 38. The third-order valence-electron chi connectivity index (χ3n) is 14.8. The van der Waals surface area contributed by atoms with Crippen LogP contribution in [-0.4, -0.2) is 37.2 Å². The van der Waals surface area contributed by atoms with Gasteiger partial charge in [0.05, 0.1) is 0 Å². The maximum Gasteiger partial charge on any atom is 0.306 e. The SMILES string of the molecule is CCC(C)CCCCCCCCCCCCCCCCC(=O)OC[C@H](COC(=O)CCCCCCCCCCCCCCCC(C)C)OC(=O)CCCCCCCCCCCCCCCCC(C)C. The van der Waals surface area contributed by atoms with Crippen LogP contribution in [0.25, 0.3) is 0 Å². The van der Waals surface area contributed by atoms with Crippen molar-refractivity contribution in [3.8, 4) is 0 Å². The van der Waals surface area contributed by atoms with E-state index in [2.05, 4.69) is 41.5 Å². The Hall–Kier alpha value is -1.59. The first kappa shape index (κ1) is 67.4. The monoisotopic (exact) mass is 975 g/mol. The van der Waals surface area contributed by atoms with Crippen LogP contribution < -0.4 is 0 Å². The Labute approximate surface area is 431 Å². The van der Waals surface area contributed by atoms with Crippen molar-refractivity contribution in [2.45, 2.75) is 356 Å². The molecule has 1 unspecified atom stereocenters. The Morgan fingerprint density at radius 3 is 0.754 bits per heavy atom. The third-order valence-corrected chi connectivity index (χ3v) is 14.8. The smallest absolute Gasteiger partial charge is 0.306 e. The molecule has 0 bridgehead atoms. The highest BCUT2D eigenvalue weighted by Crippen LogP contribution is 2.19. The molecular formula is C63H122O6. The Bertz CT molecular complexity index is 1070. The van der Waals surface area contributed by atoms with Crippen LogP contribution in [0.1, 0.15) is 350 Å². The van der Waals surface area contributed by atoms with Gasteiger partial charge >= 0.3 is 17.9 Å². The zero-order chi connectivity index (χ0) is 50.5. The minimum atomic E-state index is -0.764. The molecule has 0 rings (SSSR count). The molecule has 0 radical (unpaired) electrons. The molecule has 6 nitrogen and oxygen atoms in total. The molecule has 0 N–H and O–H groups in total. The quantitative estimate of drug-likeness (QED) is 0.0343. The van der Waals surface area contributed by atoms with E-state index in [4.69, 9.17) is 14.2 Å². The van der Waals surface area contributed by atoms with E-state index in [-0.39, 0.29) is 31.1 Å². The lowest BCUT2D eigenvalue weighted by Gasteiger charge is -2.18. The molecular weight excluding hydrogens is 853 g/mol. The number of ether oxygens (including phenoxy) is 3. The van der Waals surface area contributed by atoms with Crippen molar-refractivity contribution < 1.29 is 28.6 Å². The van der Waals surface area contributed by atoms with Gasteiger partial charge in [-0.3, -0.25) is 14.4 Å². The average Bonchev–Trinajstić information content (AvgIpc) is 3.32. The number of rotatable bonds is 56. The normalized spacial score (nSPS) is 12.5. The maximum absolute atomic E-state index is 12.9. The predicted molar refractivity (Wildman–Crippen MR) is 298 cm³/mol. The van der Waals surface area contributed by atoms with E-state index in [9.17, 15) is 14.4 Å². The molecule has 0 spiro atoms. The fourth-order valence-corrected chi connectivity index (χ4v) is 9.67. The van der Waals surface area contributed by atoms with Gasteiger partial charge < -0.3 is 14.2 Å². The molecule has 0 aromatic carbocycles. The average molecular weight is 976 g/mol. The van der Waals surface area contributed by atoms with Crippen LogP contribution in [0.2, 0.25) is 0 Å². The number of esters is 3. The molecule has 0 aromatic rings. The number of hydrogen-bond acceptors (Lipinski definition) is 6. The van der Waals surface area contributed by atoms with E-state index in [0.29, 0.717) is 19.3 Å². The zero-order valence-electron chi connectivity index (χ0n) is 47.6. The van der Waals surface area contributed by atoms with Gasteiger partial charge in [0.2, 0.25) is 0 Å².